The molecule has 0 fully saturated rings. The highest BCUT2D eigenvalue weighted by Crippen LogP contribution is 2.35. The molecule has 0 atom stereocenters. The van der Waals surface area contributed by atoms with Crippen LogP contribution in [0.3, 0.4) is 0 Å². The van der Waals surface area contributed by atoms with Gasteiger partial charge in [-0.1, -0.05) is 0 Å². The Bertz CT molecular complexity index is 570. The monoisotopic (exact) mass is 215 g/mol. The Balaban J connectivity index is 2.29. The Morgan fingerprint density at radius 3 is 3.00 bits per heavy atom. The fourth-order valence-corrected chi connectivity index (χ4v) is 2.34. The zero-order valence-corrected chi connectivity index (χ0v) is 9.36. The van der Waals surface area contributed by atoms with Gasteiger partial charge in [-0.15, -0.1) is 0 Å². The van der Waals surface area contributed by atoms with Gasteiger partial charge in [0.2, 0.25) is 5.95 Å². The normalized spacial score (nSPS) is 12.6. The maximum absolute atomic E-state index is 5.63. The van der Waals surface area contributed by atoms with Crippen LogP contribution < -0.4 is 5.73 Å². The van der Waals surface area contributed by atoms with Crippen LogP contribution in [-0.4, -0.2) is 19.5 Å². The van der Waals surface area contributed by atoms with Crippen molar-refractivity contribution < 1.29 is 0 Å². The van der Waals surface area contributed by atoms with Crippen LogP contribution in [0.1, 0.15) is 24.0 Å². The molecule has 0 aliphatic heterocycles. The van der Waals surface area contributed by atoms with Crippen LogP contribution in [0, 0.1) is 6.92 Å². The van der Waals surface area contributed by atoms with Crippen molar-refractivity contribution in [1.82, 2.24) is 19.5 Å². The zero-order valence-electron chi connectivity index (χ0n) is 9.36. The number of hydrogen-bond donors (Lipinski definition) is 1. The van der Waals surface area contributed by atoms with E-state index >= 15 is 0 Å². The van der Waals surface area contributed by atoms with Crippen molar-refractivity contribution in [2.75, 3.05) is 5.73 Å². The summed E-state index contributed by atoms with van der Waals surface area (Å²) >= 11 is 0. The van der Waals surface area contributed by atoms with Crippen molar-refractivity contribution in [3.05, 3.63) is 23.3 Å². The molecule has 5 heteroatoms. The van der Waals surface area contributed by atoms with Crippen LogP contribution >= 0.6 is 0 Å². The zero-order chi connectivity index (χ0) is 11.3. The summed E-state index contributed by atoms with van der Waals surface area (Å²) in [6, 6.07) is 0. The molecule has 2 N–H and O–H groups in total. The molecule has 3 rings (SSSR count). The van der Waals surface area contributed by atoms with Crippen LogP contribution in [0.4, 0.5) is 5.95 Å². The summed E-state index contributed by atoms with van der Waals surface area (Å²) in [4.78, 5) is 12.9. The largest absolute Gasteiger partial charge is 0.368 e. The number of nitrogens with two attached hydrogens (primary N) is 1. The van der Waals surface area contributed by atoms with E-state index in [4.69, 9.17) is 5.73 Å². The molecule has 0 bridgehead atoms. The van der Waals surface area contributed by atoms with E-state index < -0.39 is 0 Å². The van der Waals surface area contributed by atoms with Crippen LogP contribution in [0.25, 0.3) is 11.4 Å². The van der Waals surface area contributed by atoms with Gasteiger partial charge in [-0.3, -0.25) is 0 Å². The highest BCUT2D eigenvalue weighted by atomic mass is 15.1. The second-order valence-corrected chi connectivity index (χ2v) is 3.98. The second kappa shape index (κ2) is 3.04. The van der Waals surface area contributed by atoms with E-state index in [1.54, 1.807) is 6.20 Å². The second-order valence-electron chi connectivity index (χ2n) is 3.98. The van der Waals surface area contributed by atoms with Crippen LogP contribution in [0.2, 0.25) is 0 Å². The number of nitrogen functional groups attached to an aromatic ring is 1. The molecular weight excluding hydrogens is 202 g/mol. The van der Waals surface area contributed by atoms with Crippen LogP contribution in [0.15, 0.2) is 6.20 Å². The predicted molar refractivity (Wildman–Crippen MR) is 60.9 cm³/mol. The Kier molecular flexibility index (Phi) is 1.77. The molecule has 5 nitrogen and oxygen atoms in total. The lowest BCUT2D eigenvalue weighted by Gasteiger charge is -2.06. The number of fused-ring (bicyclic) bond motifs is 3. The summed E-state index contributed by atoms with van der Waals surface area (Å²) in [5.74, 6) is 1.36. The molecule has 16 heavy (non-hydrogen) atoms. The lowest BCUT2D eigenvalue weighted by atomic mass is 10.2. The average molecular weight is 215 g/mol. The van der Waals surface area contributed by atoms with E-state index in [1.807, 2.05) is 6.92 Å². The molecule has 0 saturated carbocycles. The topological polar surface area (TPSA) is 69.6 Å². The van der Waals surface area contributed by atoms with Crippen molar-refractivity contribution >= 4 is 5.95 Å². The summed E-state index contributed by atoms with van der Waals surface area (Å²) in [5, 5.41) is 0. The number of nitrogens with zero attached hydrogens (tertiary/aromatic N) is 4. The Labute approximate surface area is 93.4 Å². The fraction of sp³-hybridized carbons (Fsp3) is 0.364. The van der Waals surface area contributed by atoms with Gasteiger partial charge in [-0.25, -0.2) is 15.0 Å². The molecule has 2 aromatic rings. The van der Waals surface area contributed by atoms with Gasteiger partial charge in [0.1, 0.15) is 5.82 Å². The number of rotatable bonds is 1. The molecule has 1 aliphatic rings. The van der Waals surface area contributed by atoms with Gasteiger partial charge in [-0.05, 0) is 13.8 Å². The first-order valence-corrected chi connectivity index (χ1v) is 5.38. The first-order chi connectivity index (χ1) is 7.70. The Morgan fingerprint density at radius 2 is 2.25 bits per heavy atom. The van der Waals surface area contributed by atoms with Crippen molar-refractivity contribution in [2.45, 2.75) is 26.8 Å². The van der Waals surface area contributed by atoms with E-state index in [9.17, 15) is 0 Å². The third-order valence-electron chi connectivity index (χ3n) is 3.01. The van der Waals surface area contributed by atoms with E-state index in [-0.39, 0.29) is 0 Å². The van der Waals surface area contributed by atoms with Gasteiger partial charge in [0.05, 0.1) is 17.1 Å². The maximum atomic E-state index is 5.63. The molecule has 82 valence electrons. The molecular formula is C11H13N5. The molecule has 0 amide bonds. The maximum Gasteiger partial charge on any atom is 0.220 e. The predicted octanol–water partition coefficient (Wildman–Crippen LogP) is 1.15. The van der Waals surface area contributed by atoms with E-state index in [0.717, 1.165) is 41.4 Å². The fourth-order valence-electron chi connectivity index (χ4n) is 2.34. The van der Waals surface area contributed by atoms with Gasteiger partial charge in [0.15, 0.2) is 0 Å². The Morgan fingerprint density at radius 1 is 1.44 bits per heavy atom. The smallest absolute Gasteiger partial charge is 0.220 e. The first kappa shape index (κ1) is 9.33. The Hall–Kier alpha value is -1.91. The number of aryl methyl sites for hydroxylation is 1. The lowest BCUT2D eigenvalue weighted by Crippen LogP contribution is -2.03. The third-order valence-corrected chi connectivity index (χ3v) is 3.01. The summed E-state index contributed by atoms with van der Waals surface area (Å²) in [7, 11) is 0. The summed E-state index contributed by atoms with van der Waals surface area (Å²) in [6.07, 6.45) is 2.62. The summed E-state index contributed by atoms with van der Waals surface area (Å²) in [5.41, 5.74) is 9.91. The number of hydrogen-bond acceptors (Lipinski definition) is 4. The minimum absolute atomic E-state index is 0.327. The summed E-state index contributed by atoms with van der Waals surface area (Å²) < 4.78 is 2.17. The van der Waals surface area contributed by atoms with Crippen LogP contribution in [0.5, 0.6) is 0 Å². The molecule has 2 heterocycles. The van der Waals surface area contributed by atoms with Crippen molar-refractivity contribution in [1.29, 1.82) is 0 Å². The van der Waals surface area contributed by atoms with Crippen molar-refractivity contribution in [3.8, 4) is 11.4 Å². The van der Waals surface area contributed by atoms with E-state index in [2.05, 4.69) is 26.4 Å². The SMILES string of the molecule is CCn1c(C)nc2c1-c1nc(N)ncc1C2. The van der Waals surface area contributed by atoms with Gasteiger partial charge in [0.25, 0.3) is 0 Å². The highest BCUT2D eigenvalue weighted by molar-refractivity contribution is 5.69. The van der Waals surface area contributed by atoms with Gasteiger partial charge >= 0.3 is 0 Å². The molecule has 0 radical (unpaired) electrons. The first-order valence-electron chi connectivity index (χ1n) is 5.38. The van der Waals surface area contributed by atoms with E-state index in [0.29, 0.717) is 5.95 Å². The van der Waals surface area contributed by atoms with E-state index in [1.165, 1.54) is 0 Å². The molecule has 0 spiro atoms. The third kappa shape index (κ3) is 1.08. The number of anilines is 1. The minimum Gasteiger partial charge on any atom is -0.368 e. The molecule has 0 saturated heterocycles. The average Bonchev–Trinajstić information content (AvgIpc) is 2.73. The van der Waals surface area contributed by atoms with Crippen molar-refractivity contribution in [2.24, 2.45) is 0 Å². The quantitative estimate of drug-likeness (QED) is 0.661. The molecule has 2 aromatic heterocycles. The number of aromatic nitrogens is 4. The standard InChI is InChI=1S/C11H13N5/c1-3-16-6(2)14-8-4-7-5-13-11(12)15-9(7)10(8)16/h5H,3-4H2,1-2H3,(H2,12,13,15). The summed E-state index contributed by atoms with van der Waals surface area (Å²) in [6.45, 7) is 5.03. The van der Waals surface area contributed by atoms with Gasteiger partial charge in [0, 0.05) is 24.7 Å². The van der Waals surface area contributed by atoms with Gasteiger partial charge < -0.3 is 10.3 Å². The van der Waals surface area contributed by atoms with Gasteiger partial charge in [-0.2, -0.15) is 0 Å². The highest BCUT2D eigenvalue weighted by Gasteiger charge is 2.26. The molecule has 0 aromatic carbocycles. The number of imidazole rings is 1. The molecule has 0 unspecified atom stereocenters. The van der Waals surface area contributed by atoms with Crippen molar-refractivity contribution in [3.63, 3.8) is 0 Å². The molecule has 1 aliphatic carbocycles. The lowest BCUT2D eigenvalue weighted by molar-refractivity contribution is 0.735. The minimum atomic E-state index is 0.327. The van der Waals surface area contributed by atoms with Crippen LogP contribution in [-0.2, 0) is 13.0 Å².